The highest BCUT2D eigenvalue weighted by Crippen LogP contribution is 2.36. The molecule has 0 heterocycles. The van der Waals surface area contributed by atoms with Crippen LogP contribution in [0.3, 0.4) is 0 Å². The quantitative estimate of drug-likeness (QED) is 0.233. The third-order valence-electron chi connectivity index (χ3n) is 4.16. The predicted molar refractivity (Wildman–Crippen MR) is 91.7 cm³/mol. The van der Waals surface area contributed by atoms with Gasteiger partial charge in [0.2, 0.25) is 0 Å². The molecule has 7 heteroatoms. The Kier molecular flexibility index (Phi) is 6.46. The standard InChI is InChI=1S/C16H25NO5Si/c1-16(2,3)23(4,5)22-11-7-10-21-14-9-6-8-13(12-18)15(14)17(19)20/h6,8-9,12H,7,10-11H2,1-5H3. The molecule has 0 unspecified atom stereocenters. The average Bonchev–Trinajstić information content (AvgIpc) is 2.44. The summed E-state index contributed by atoms with van der Waals surface area (Å²) in [4.78, 5) is 21.4. The molecular weight excluding hydrogens is 314 g/mol. The lowest BCUT2D eigenvalue weighted by atomic mass is 10.2. The molecule has 0 bridgehead atoms. The number of para-hydroxylation sites is 1. The van der Waals surface area contributed by atoms with Crippen LogP contribution in [0.2, 0.25) is 18.1 Å². The van der Waals surface area contributed by atoms with E-state index in [0.717, 1.165) is 0 Å². The van der Waals surface area contributed by atoms with E-state index in [1.807, 2.05) is 0 Å². The summed E-state index contributed by atoms with van der Waals surface area (Å²) in [6, 6.07) is 4.47. The van der Waals surface area contributed by atoms with Crippen molar-refractivity contribution in [3.8, 4) is 5.75 Å². The smallest absolute Gasteiger partial charge is 0.321 e. The van der Waals surface area contributed by atoms with Gasteiger partial charge in [0.15, 0.2) is 20.4 Å². The Bertz CT molecular complexity index is 566. The van der Waals surface area contributed by atoms with Crippen LogP contribution in [-0.2, 0) is 4.43 Å². The average molecular weight is 339 g/mol. The van der Waals surface area contributed by atoms with Crippen LogP contribution in [0, 0.1) is 10.1 Å². The summed E-state index contributed by atoms with van der Waals surface area (Å²) >= 11 is 0. The molecule has 23 heavy (non-hydrogen) atoms. The van der Waals surface area contributed by atoms with Crippen LogP contribution < -0.4 is 4.74 Å². The maximum atomic E-state index is 11.1. The molecule has 0 saturated carbocycles. The first-order valence-electron chi connectivity index (χ1n) is 7.59. The normalized spacial score (nSPS) is 12.0. The number of nitro groups is 1. The number of nitrogens with zero attached hydrogens (tertiary/aromatic N) is 1. The Morgan fingerprint density at radius 3 is 2.43 bits per heavy atom. The van der Waals surface area contributed by atoms with Crippen molar-refractivity contribution >= 4 is 20.3 Å². The molecule has 0 spiro atoms. The fourth-order valence-corrected chi connectivity index (χ4v) is 2.82. The van der Waals surface area contributed by atoms with Gasteiger partial charge >= 0.3 is 5.69 Å². The Hall–Kier alpha value is -1.73. The second kappa shape index (κ2) is 7.70. The second-order valence-electron chi connectivity index (χ2n) is 6.88. The summed E-state index contributed by atoms with van der Waals surface area (Å²) < 4.78 is 11.5. The number of aldehydes is 1. The number of hydrogen-bond acceptors (Lipinski definition) is 5. The van der Waals surface area contributed by atoms with E-state index in [0.29, 0.717) is 25.9 Å². The molecule has 128 valence electrons. The van der Waals surface area contributed by atoms with Crippen LogP contribution in [-0.4, -0.2) is 32.7 Å². The zero-order valence-electron chi connectivity index (χ0n) is 14.4. The number of rotatable bonds is 8. The van der Waals surface area contributed by atoms with E-state index in [1.165, 1.54) is 12.1 Å². The molecule has 0 aliphatic carbocycles. The Labute approximate surface area is 138 Å². The number of benzene rings is 1. The van der Waals surface area contributed by atoms with Gasteiger partial charge in [0.05, 0.1) is 17.1 Å². The van der Waals surface area contributed by atoms with Crippen molar-refractivity contribution in [1.82, 2.24) is 0 Å². The molecule has 0 saturated heterocycles. The summed E-state index contributed by atoms with van der Waals surface area (Å²) in [6.07, 6.45) is 1.10. The van der Waals surface area contributed by atoms with E-state index in [4.69, 9.17) is 9.16 Å². The van der Waals surface area contributed by atoms with E-state index in [2.05, 4.69) is 33.9 Å². The molecular formula is C16H25NO5Si. The molecule has 1 aromatic carbocycles. The van der Waals surface area contributed by atoms with Crippen molar-refractivity contribution in [2.24, 2.45) is 0 Å². The minimum absolute atomic E-state index is 0.0185. The van der Waals surface area contributed by atoms with Gasteiger partial charge in [-0.2, -0.15) is 0 Å². The molecule has 0 aliphatic rings. The highest BCUT2D eigenvalue weighted by atomic mass is 28.4. The summed E-state index contributed by atoms with van der Waals surface area (Å²) in [5, 5.41) is 11.2. The van der Waals surface area contributed by atoms with Gasteiger partial charge in [0.1, 0.15) is 0 Å². The van der Waals surface area contributed by atoms with E-state index >= 15 is 0 Å². The Balaban J connectivity index is 2.58. The lowest BCUT2D eigenvalue weighted by Gasteiger charge is -2.36. The first-order valence-corrected chi connectivity index (χ1v) is 10.5. The highest BCUT2D eigenvalue weighted by Gasteiger charge is 2.36. The van der Waals surface area contributed by atoms with Gasteiger partial charge in [-0.25, -0.2) is 0 Å². The van der Waals surface area contributed by atoms with Crippen LogP contribution in [0.1, 0.15) is 37.6 Å². The number of ether oxygens (including phenoxy) is 1. The molecule has 0 aromatic heterocycles. The first kappa shape index (κ1) is 19.3. The summed E-state index contributed by atoms with van der Waals surface area (Å²) in [6.45, 7) is 11.7. The third-order valence-corrected chi connectivity index (χ3v) is 8.69. The van der Waals surface area contributed by atoms with E-state index in [9.17, 15) is 14.9 Å². The molecule has 0 N–H and O–H groups in total. The van der Waals surface area contributed by atoms with Crippen molar-refractivity contribution in [2.75, 3.05) is 13.2 Å². The van der Waals surface area contributed by atoms with Crippen molar-refractivity contribution < 1.29 is 18.9 Å². The Morgan fingerprint density at radius 2 is 1.91 bits per heavy atom. The summed E-state index contributed by atoms with van der Waals surface area (Å²) in [5.41, 5.74) is -0.266. The van der Waals surface area contributed by atoms with Crippen LogP contribution in [0.5, 0.6) is 5.75 Å². The largest absolute Gasteiger partial charge is 0.487 e. The van der Waals surface area contributed by atoms with Crippen molar-refractivity contribution in [2.45, 2.75) is 45.3 Å². The fraction of sp³-hybridized carbons (Fsp3) is 0.562. The molecule has 1 rings (SSSR count). The number of carbonyl (C=O) groups excluding carboxylic acids is 1. The monoisotopic (exact) mass is 339 g/mol. The zero-order valence-corrected chi connectivity index (χ0v) is 15.4. The van der Waals surface area contributed by atoms with Gasteiger partial charge in [-0.15, -0.1) is 0 Å². The minimum atomic E-state index is -1.79. The zero-order chi connectivity index (χ0) is 17.7. The maximum Gasteiger partial charge on any atom is 0.321 e. The van der Waals surface area contributed by atoms with E-state index < -0.39 is 13.2 Å². The van der Waals surface area contributed by atoms with Gasteiger partial charge in [0, 0.05) is 13.0 Å². The van der Waals surface area contributed by atoms with Crippen LogP contribution in [0.4, 0.5) is 5.69 Å². The van der Waals surface area contributed by atoms with Crippen molar-refractivity contribution in [3.63, 3.8) is 0 Å². The number of nitro benzene ring substituents is 1. The highest BCUT2D eigenvalue weighted by molar-refractivity contribution is 6.74. The SMILES string of the molecule is CC(C)(C)[Si](C)(C)OCCCOc1cccc(C=O)c1[N+](=O)[O-]. The molecule has 0 radical (unpaired) electrons. The van der Waals surface area contributed by atoms with Crippen LogP contribution >= 0.6 is 0 Å². The third kappa shape index (κ3) is 5.14. The minimum Gasteiger partial charge on any atom is -0.487 e. The maximum absolute atomic E-state index is 11.1. The lowest BCUT2D eigenvalue weighted by molar-refractivity contribution is -0.386. The summed E-state index contributed by atoms with van der Waals surface area (Å²) in [5.74, 6) is 0.118. The van der Waals surface area contributed by atoms with Crippen LogP contribution in [0.15, 0.2) is 18.2 Å². The number of carbonyl (C=O) groups is 1. The number of hydrogen-bond donors (Lipinski definition) is 0. The molecule has 1 aromatic rings. The van der Waals surface area contributed by atoms with Gasteiger partial charge in [-0.1, -0.05) is 26.8 Å². The van der Waals surface area contributed by atoms with Gasteiger partial charge in [-0.05, 0) is 30.3 Å². The van der Waals surface area contributed by atoms with E-state index in [1.54, 1.807) is 6.07 Å². The molecule has 6 nitrogen and oxygen atoms in total. The van der Waals surface area contributed by atoms with Crippen molar-refractivity contribution in [1.29, 1.82) is 0 Å². The van der Waals surface area contributed by atoms with Gasteiger partial charge < -0.3 is 9.16 Å². The predicted octanol–water partition coefficient (Wildman–Crippen LogP) is 4.20. The molecule has 0 amide bonds. The Morgan fingerprint density at radius 1 is 1.26 bits per heavy atom. The van der Waals surface area contributed by atoms with Crippen molar-refractivity contribution in [3.05, 3.63) is 33.9 Å². The van der Waals surface area contributed by atoms with E-state index in [-0.39, 0.29) is 22.0 Å². The van der Waals surface area contributed by atoms with Gasteiger partial charge in [-0.3, -0.25) is 14.9 Å². The lowest BCUT2D eigenvalue weighted by Crippen LogP contribution is -2.41. The molecule has 0 fully saturated rings. The topological polar surface area (TPSA) is 78.7 Å². The first-order chi connectivity index (χ1) is 10.6. The van der Waals surface area contributed by atoms with Gasteiger partial charge in [0.25, 0.3) is 0 Å². The van der Waals surface area contributed by atoms with Crippen LogP contribution in [0.25, 0.3) is 0 Å². The molecule has 0 atom stereocenters. The second-order valence-corrected chi connectivity index (χ2v) is 11.7. The molecule has 0 aliphatic heterocycles. The fourth-order valence-electron chi connectivity index (χ4n) is 1.73. The summed E-state index contributed by atoms with van der Waals surface area (Å²) in [7, 11) is -1.79.